The van der Waals surface area contributed by atoms with Crippen LogP contribution >= 0.6 is 0 Å². The molecule has 2 amide bonds. The van der Waals surface area contributed by atoms with Gasteiger partial charge in [0.15, 0.2) is 0 Å². The summed E-state index contributed by atoms with van der Waals surface area (Å²) in [5.41, 5.74) is 0. The Balaban J connectivity index is 0. The normalized spacial score (nSPS) is 16.1. The highest BCUT2D eigenvalue weighted by atomic mass is 16.4. The van der Waals surface area contributed by atoms with Crippen LogP contribution in [-0.2, 0) is 38.4 Å². The Labute approximate surface area is 318 Å². The number of carbonyl (C=O) groups is 8. The van der Waals surface area contributed by atoms with Crippen molar-refractivity contribution >= 4 is 47.6 Å². The van der Waals surface area contributed by atoms with E-state index in [4.69, 9.17) is 30.6 Å². The summed E-state index contributed by atoms with van der Waals surface area (Å²) in [6, 6.07) is 0. The van der Waals surface area contributed by atoms with Gasteiger partial charge in [-0.15, -0.1) is 0 Å². The van der Waals surface area contributed by atoms with E-state index in [2.05, 4.69) is 33.5 Å². The third-order valence-electron chi connectivity index (χ3n) is 7.24. The SMILES string of the molecule is O.O=C(O)/C=C/C(=O)O.O=C(O)/C=C/C(=O)O.O=C(O)/C=C/C(=O)O.O=C1CCCN1CC#CCN1CCCC1.O=C1CCCN1CC#CCN1CCCC1. The molecule has 0 aromatic heterocycles. The van der Waals surface area contributed by atoms with E-state index < -0.39 is 35.8 Å². The number of carbonyl (C=O) groups excluding carboxylic acids is 2. The van der Waals surface area contributed by atoms with Crippen molar-refractivity contribution in [3.05, 3.63) is 36.5 Å². The van der Waals surface area contributed by atoms with Crippen LogP contribution in [0.2, 0.25) is 0 Å². The topological polar surface area (TPSA) is 302 Å². The predicted molar refractivity (Wildman–Crippen MR) is 195 cm³/mol. The molecular formula is C36H50N4O15. The van der Waals surface area contributed by atoms with Crippen LogP contribution in [0, 0.1) is 23.7 Å². The van der Waals surface area contributed by atoms with Crippen LogP contribution in [0.3, 0.4) is 0 Å². The summed E-state index contributed by atoms with van der Waals surface area (Å²) in [6.07, 6.45) is 12.0. The van der Waals surface area contributed by atoms with E-state index >= 15 is 0 Å². The first-order valence-corrected chi connectivity index (χ1v) is 16.9. The molecule has 4 fully saturated rings. The second-order valence-electron chi connectivity index (χ2n) is 11.5. The molecule has 4 aliphatic rings. The molecule has 0 bridgehead atoms. The number of hydrogen-bond donors (Lipinski definition) is 6. The minimum absolute atomic E-state index is 0. The minimum Gasteiger partial charge on any atom is -0.478 e. The van der Waals surface area contributed by atoms with Gasteiger partial charge in [0.25, 0.3) is 0 Å². The van der Waals surface area contributed by atoms with Gasteiger partial charge in [0.1, 0.15) is 0 Å². The van der Waals surface area contributed by atoms with Crippen molar-refractivity contribution in [3.8, 4) is 23.7 Å². The van der Waals surface area contributed by atoms with Gasteiger partial charge in [-0.05, 0) is 64.7 Å². The molecule has 0 atom stereocenters. The number of carboxylic acids is 6. The molecule has 8 N–H and O–H groups in total. The Bertz CT molecular complexity index is 1300. The molecule has 19 nitrogen and oxygen atoms in total. The van der Waals surface area contributed by atoms with Gasteiger partial charge in [-0.25, -0.2) is 28.8 Å². The van der Waals surface area contributed by atoms with Crippen molar-refractivity contribution in [2.45, 2.75) is 51.4 Å². The first kappa shape index (κ1) is 51.1. The fourth-order valence-corrected chi connectivity index (χ4v) is 4.69. The molecule has 0 aliphatic carbocycles. The zero-order valence-corrected chi connectivity index (χ0v) is 30.4. The molecule has 4 aliphatic heterocycles. The Morgan fingerprint density at radius 3 is 0.855 bits per heavy atom. The van der Waals surface area contributed by atoms with Crippen LogP contribution in [0.4, 0.5) is 0 Å². The van der Waals surface area contributed by atoms with Crippen LogP contribution in [0.5, 0.6) is 0 Å². The van der Waals surface area contributed by atoms with Crippen molar-refractivity contribution in [1.82, 2.24) is 19.6 Å². The molecule has 0 aromatic carbocycles. The summed E-state index contributed by atoms with van der Waals surface area (Å²) in [7, 11) is 0. The second kappa shape index (κ2) is 31.5. The summed E-state index contributed by atoms with van der Waals surface area (Å²) in [5, 5.41) is 46.9. The Hall–Kier alpha value is -6.02. The van der Waals surface area contributed by atoms with E-state index in [9.17, 15) is 38.4 Å². The summed E-state index contributed by atoms with van der Waals surface area (Å²) >= 11 is 0. The first-order chi connectivity index (χ1) is 25.6. The highest BCUT2D eigenvalue weighted by molar-refractivity contribution is 5.90. The smallest absolute Gasteiger partial charge is 0.328 e. The first-order valence-electron chi connectivity index (χ1n) is 16.9. The number of aliphatic carboxylic acids is 6. The van der Waals surface area contributed by atoms with Gasteiger partial charge in [0, 0.05) is 62.4 Å². The van der Waals surface area contributed by atoms with Crippen molar-refractivity contribution in [2.75, 3.05) is 65.4 Å². The van der Waals surface area contributed by atoms with Crippen LogP contribution in [0.1, 0.15) is 51.4 Å². The molecule has 0 unspecified atom stereocenters. The fourth-order valence-electron chi connectivity index (χ4n) is 4.69. The lowest BCUT2D eigenvalue weighted by Crippen LogP contribution is -2.25. The number of likely N-dealkylation sites (tertiary alicyclic amines) is 4. The summed E-state index contributed by atoms with van der Waals surface area (Å²) in [4.78, 5) is 88.3. The lowest BCUT2D eigenvalue weighted by molar-refractivity contribution is -0.134. The minimum atomic E-state index is -1.26. The van der Waals surface area contributed by atoms with Gasteiger partial charge in [0.2, 0.25) is 11.8 Å². The lowest BCUT2D eigenvalue weighted by atomic mass is 10.4. The number of carboxylic acid groups (broad SMARTS) is 6. The average molecular weight is 779 g/mol. The summed E-state index contributed by atoms with van der Waals surface area (Å²) in [6.45, 7) is 9.58. The highest BCUT2D eigenvalue weighted by Crippen LogP contribution is 2.09. The Morgan fingerprint density at radius 1 is 0.418 bits per heavy atom. The molecule has 19 heteroatoms. The van der Waals surface area contributed by atoms with Crippen molar-refractivity contribution in [2.24, 2.45) is 0 Å². The largest absolute Gasteiger partial charge is 0.478 e. The maximum absolute atomic E-state index is 11.3. The predicted octanol–water partition coefficient (Wildman–Crippen LogP) is -0.273. The molecule has 55 heavy (non-hydrogen) atoms. The van der Waals surface area contributed by atoms with E-state index in [0.29, 0.717) is 62.4 Å². The quantitative estimate of drug-likeness (QED) is 0.123. The van der Waals surface area contributed by atoms with Crippen LogP contribution in [-0.4, -0.2) is 169 Å². The van der Waals surface area contributed by atoms with Crippen LogP contribution < -0.4 is 0 Å². The number of nitrogens with zero attached hydrogens (tertiary/aromatic N) is 4. The van der Waals surface area contributed by atoms with Crippen molar-refractivity contribution in [1.29, 1.82) is 0 Å². The lowest BCUT2D eigenvalue weighted by Gasteiger charge is -2.11. The van der Waals surface area contributed by atoms with Gasteiger partial charge in [0.05, 0.1) is 26.2 Å². The molecule has 0 spiro atoms. The highest BCUT2D eigenvalue weighted by Gasteiger charge is 2.19. The zero-order valence-electron chi connectivity index (χ0n) is 30.4. The van der Waals surface area contributed by atoms with E-state index in [1.807, 2.05) is 9.80 Å². The maximum atomic E-state index is 11.3. The van der Waals surface area contributed by atoms with Gasteiger partial charge in [-0.3, -0.25) is 19.4 Å². The molecular weight excluding hydrogens is 728 g/mol. The van der Waals surface area contributed by atoms with Gasteiger partial charge >= 0.3 is 35.8 Å². The Kier molecular flexibility index (Phi) is 29.3. The average Bonchev–Trinajstić information content (AvgIpc) is 3.95. The van der Waals surface area contributed by atoms with Crippen molar-refractivity contribution in [3.63, 3.8) is 0 Å². The third kappa shape index (κ3) is 31.2. The fraction of sp³-hybridized carbons (Fsp3) is 0.500. The zero-order chi connectivity index (χ0) is 40.7. The van der Waals surface area contributed by atoms with E-state index in [1.165, 1.54) is 51.9 Å². The molecule has 4 saturated heterocycles. The molecule has 0 saturated carbocycles. The molecule has 0 aromatic rings. The number of rotatable bonds is 10. The van der Waals surface area contributed by atoms with Crippen LogP contribution in [0.15, 0.2) is 36.5 Å². The van der Waals surface area contributed by atoms with E-state index in [1.54, 1.807) is 0 Å². The number of amides is 2. The molecule has 304 valence electrons. The van der Waals surface area contributed by atoms with Crippen molar-refractivity contribution < 1.29 is 74.5 Å². The van der Waals surface area contributed by atoms with Crippen LogP contribution in [0.25, 0.3) is 0 Å². The standard InChI is InChI=1S/2C12H18N2O.3C4H4O4.H2O/c2*15-12-6-5-11-14(12)10-4-3-9-13-7-1-2-8-13;3*5-3(6)1-2-4(7)8;/h2*1-2,5-11H2;3*1-2H,(H,5,6)(H,7,8);1H2/b;;3*2-1+;. The molecule has 4 rings (SSSR count). The third-order valence-corrected chi connectivity index (χ3v) is 7.24. The van der Waals surface area contributed by atoms with Gasteiger partial charge in [-0.2, -0.15) is 0 Å². The monoisotopic (exact) mass is 778 g/mol. The number of hydrogen-bond acceptors (Lipinski definition) is 10. The summed E-state index contributed by atoms with van der Waals surface area (Å²) < 4.78 is 0. The van der Waals surface area contributed by atoms with E-state index in [-0.39, 0.29) is 17.3 Å². The van der Waals surface area contributed by atoms with Gasteiger partial charge < -0.3 is 45.9 Å². The second-order valence-corrected chi connectivity index (χ2v) is 11.5. The van der Waals surface area contributed by atoms with E-state index in [0.717, 1.165) is 39.0 Å². The Morgan fingerprint density at radius 2 is 0.655 bits per heavy atom. The maximum Gasteiger partial charge on any atom is 0.328 e. The van der Waals surface area contributed by atoms with Gasteiger partial charge in [-0.1, -0.05) is 23.7 Å². The molecule has 0 radical (unpaired) electrons. The summed E-state index contributed by atoms with van der Waals surface area (Å²) in [5.74, 6) is 5.51. The molecule has 4 heterocycles.